The highest BCUT2D eigenvalue weighted by atomic mass is 16.8. The van der Waals surface area contributed by atoms with Crippen LogP contribution in [0.25, 0.3) is 0 Å². The van der Waals surface area contributed by atoms with Crippen molar-refractivity contribution in [2.75, 3.05) is 6.61 Å². The van der Waals surface area contributed by atoms with Crippen LogP contribution < -0.4 is 5.32 Å². The molecule has 0 radical (unpaired) electrons. The van der Waals surface area contributed by atoms with E-state index in [2.05, 4.69) is 5.32 Å². The molecule has 3 N–H and O–H groups in total. The minimum absolute atomic E-state index is 0.00424. The van der Waals surface area contributed by atoms with Crippen molar-refractivity contribution in [1.82, 2.24) is 5.32 Å². The molecule has 2 aliphatic rings. The third-order valence-corrected chi connectivity index (χ3v) is 7.64. The molecule has 1 amide bonds. The molecule has 7 heteroatoms. The number of carbonyl (C=O) groups is 2. The van der Waals surface area contributed by atoms with Gasteiger partial charge in [0.05, 0.1) is 18.1 Å². The lowest BCUT2D eigenvalue weighted by atomic mass is 9.78. The Hall–Kier alpha value is -1.96. The predicted molar refractivity (Wildman–Crippen MR) is 120 cm³/mol. The fourth-order valence-corrected chi connectivity index (χ4v) is 5.22. The number of rotatable bonds is 7. The lowest BCUT2D eigenvalue weighted by Crippen LogP contribution is -2.59. The van der Waals surface area contributed by atoms with Gasteiger partial charge in [-0.1, -0.05) is 30.7 Å². The highest BCUT2D eigenvalue weighted by molar-refractivity contribution is 5.88. The molecule has 3 unspecified atom stereocenters. The first-order valence-electron chi connectivity index (χ1n) is 11.6. The zero-order valence-corrected chi connectivity index (χ0v) is 19.9. The number of carbonyl (C=O) groups excluding carboxylic acids is 1. The Labute approximate surface area is 190 Å². The van der Waals surface area contributed by atoms with Crippen molar-refractivity contribution in [3.05, 3.63) is 34.9 Å². The molecule has 1 aromatic carbocycles. The third kappa shape index (κ3) is 4.56. The molecule has 0 aromatic heterocycles. The number of aliphatic hydroxyl groups excluding tert-OH is 1. The van der Waals surface area contributed by atoms with E-state index < -0.39 is 22.9 Å². The number of hydrogen-bond donors (Lipinski definition) is 3. The van der Waals surface area contributed by atoms with Gasteiger partial charge in [-0.15, -0.1) is 0 Å². The number of nitrogens with one attached hydrogen (secondary N) is 1. The quantitative estimate of drug-likeness (QED) is 0.593. The van der Waals surface area contributed by atoms with Gasteiger partial charge in [-0.05, 0) is 58.1 Å². The number of benzene rings is 1. The summed E-state index contributed by atoms with van der Waals surface area (Å²) in [5, 5.41) is 22.7. The minimum atomic E-state index is -1.34. The molecule has 1 heterocycles. The summed E-state index contributed by atoms with van der Waals surface area (Å²) in [6.07, 6.45) is 1.85. The standard InChI is InChI=1S/C25H37NO6/c1-6-20(15-27)23(5)18(4)31-25(32-23)11-9-24(10-12-25,22(29)30)26-21(28)14-19-13-16(2)7-8-17(19)3/h7-8,13,18,20,27H,6,9-12,14-15H2,1-5H3,(H,26,28)(H,29,30). The molecule has 1 aliphatic carbocycles. The van der Waals surface area contributed by atoms with Crippen molar-refractivity contribution in [3.63, 3.8) is 0 Å². The summed E-state index contributed by atoms with van der Waals surface area (Å²) < 4.78 is 12.7. The Bertz CT molecular complexity index is 856. The maximum absolute atomic E-state index is 12.8. The smallest absolute Gasteiger partial charge is 0.329 e. The van der Waals surface area contributed by atoms with Crippen LogP contribution in [0.5, 0.6) is 0 Å². The number of hydrogen-bond acceptors (Lipinski definition) is 5. The van der Waals surface area contributed by atoms with Gasteiger partial charge in [0.2, 0.25) is 5.91 Å². The van der Waals surface area contributed by atoms with Crippen molar-refractivity contribution in [2.24, 2.45) is 5.92 Å². The van der Waals surface area contributed by atoms with Crippen LogP contribution in [0.4, 0.5) is 0 Å². The van der Waals surface area contributed by atoms with Crippen molar-refractivity contribution >= 4 is 11.9 Å². The fraction of sp³-hybridized carbons (Fsp3) is 0.680. The minimum Gasteiger partial charge on any atom is -0.480 e. The predicted octanol–water partition coefficient (Wildman–Crippen LogP) is 3.27. The number of ether oxygens (including phenoxy) is 2. The highest BCUT2D eigenvalue weighted by Crippen LogP contribution is 2.50. The van der Waals surface area contributed by atoms with Gasteiger partial charge in [0.15, 0.2) is 5.79 Å². The normalized spacial score (nSPS) is 33.2. The number of aryl methyl sites for hydroxylation is 2. The van der Waals surface area contributed by atoms with Crippen molar-refractivity contribution in [2.45, 2.75) is 96.2 Å². The van der Waals surface area contributed by atoms with Crippen molar-refractivity contribution in [1.29, 1.82) is 0 Å². The number of aliphatic hydroxyl groups is 1. The van der Waals surface area contributed by atoms with Crippen LogP contribution in [0.2, 0.25) is 0 Å². The van der Waals surface area contributed by atoms with E-state index in [0.717, 1.165) is 23.1 Å². The van der Waals surface area contributed by atoms with Gasteiger partial charge in [-0.25, -0.2) is 4.79 Å². The number of carboxylic acids is 1. The summed E-state index contributed by atoms with van der Waals surface area (Å²) in [6.45, 7) is 9.83. The van der Waals surface area contributed by atoms with Gasteiger partial charge in [0.25, 0.3) is 0 Å². The summed E-state index contributed by atoms with van der Waals surface area (Å²) in [5.41, 5.74) is 0.992. The van der Waals surface area contributed by atoms with Gasteiger partial charge >= 0.3 is 5.97 Å². The zero-order chi connectivity index (χ0) is 23.7. The Morgan fingerprint density at radius 2 is 1.88 bits per heavy atom. The summed E-state index contributed by atoms with van der Waals surface area (Å²) in [6, 6.07) is 5.93. The van der Waals surface area contributed by atoms with Crippen LogP contribution in [-0.2, 0) is 25.5 Å². The second-order valence-electron chi connectivity index (χ2n) is 9.79. The van der Waals surface area contributed by atoms with Crippen LogP contribution in [0.3, 0.4) is 0 Å². The zero-order valence-electron chi connectivity index (χ0n) is 19.9. The van der Waals surface area contributed by atoms with Gasteiger partial charge in [0, 0.05) is 25.4 Å². The first kappa shape index (κ1) is 24.7. The molecule has 3 atom stereocenters. The van der Waals surface area contributed by atoms with E-state index >= 15 is 0 Å². The second kappa shape index (κ2) is 9.12. The maximum atomic E-state index is 12.8. The summed E-state index contributed by atoms with van der Waals surface area (Å²) in [5.74, 6) is -2.28. The second-order valence-corrected chi connectivity index (χ2v) is 9.79. The SMILES string of the molecule is CCC(CO)C1(C)OC2(CCC(NC(=O)Cc3cc(C)ccc3C)(C(=O)O)CC2)OC1C. The molecule has 1 aromatic rings. The van der Waals surface area contributed by atoms with Crippen LogP contribution >= 0.6 is 0 Å². The molecule has 7 nitrogen and oxygen atoms in total. The van der Waals surface area contributed by atoms with Crippen molar-refractivity contribution in [3.8, 4) is 0 Å². The average molecular weight is 448 g/mol. The van der Waals surface area contributed by atoms with E-state index in [1.165, 1.54) is 0 Å². The average Bonchev–Trinajstić information content (AvgIpc) is 2.98. The molecule has 32 heavy (non-hydrogen) atoms. The van der Waals surface area contributed by atoms with Gasteiger partial charge < -0.3 is 25.0 Å². The van der Waals surface area contributed by atoms with Crippen LogP contribution in [0, 0.1) is 19.8 Å². The first-order valence-corrected chi connectivity index (χ1v) is 11.6. The van der Waals surface area contributed by atoms with E-state index in [1.54, 1.807) is 0 Å². The molecule has 1 spiro atoms. The Kier molecular flexibility index (Phi) is 7.03. The van der Waals surface area contributed by atoms with E-state index in [9.17, 15) is 19.8 Å². The Balaban J connectivity index is 1.71. The number of carboxylic acid groups (broad SMARTS) is 1. The van der Waals surface area contributed by atoms with Gasteiger partial charge in [0.1, 0.15) is 5.54 Å². The topological polar surface area (TPSA) is 105 Å². The molecule has 1 aliphatic heterocycles. The molecular formula is C25H37NO6. The molecular weight excluding hydrogens is 410 g/mol. The van der Waals surface area contributed by atoms with Crippen molar-refractivity contribution < 1.29 is 29.3 Å². The highest BCUT2D eigenvalue weighted by Gasteiger charge is 2.59. The summed E-state index contributed by atoms with van der Waals surface area (Å²) >= 11 is 0. The number of amides is 1. The monoisotopic (exact) mass is 447 g/mol. The molecule has 1 saturated heterocycles. The van der Waals surface area contributed by atoms with E-state index in [0.29, 0.717) is 12.8 Å². The Morgan fingerprint density at radius 3 is 2.44 bits per heavy atom. The van der Waals surface area contributed by atoms with Gasteiger partial charge in [-0.2, -0.15) is 0 Å². The summed E-state index contributed by atoms with van der Waals surface area (Å²) in [4.78, 5) is 25.1. The Morgan fingerprint density at radius 1 is 1.22 bits per heavy atom. The lowest BCUT2D eigenvalue weighted by molar-refractivity contribution is -0.222. The van der Waals surface area contributed by atoms with Crippen LogP contribution in [-0.4, -0.2) is 51.7 Å². The van der Waals surface area contributed by atoms with Crippen LogP contribution in [0.1, 0.15) is 69.6 Å². The molecule has 1 saturated carbocycles. The van der Waals surface area contributed by atoms with E-state index in [-0.39, 0.29) is 43.8 Å². The number of aliphatic carboxylic acids is 1. The van der Waals surface area contributed by atoms with E-state index in [4.69, 9.17) is 9.47 Å². The summed E-state index contributed by atoms with van der Waals surface area (Å²) in [7, 11) is 0. The lowest BCUT2D eigenvalue weighted by Gasteiger charge is -2.43. The largest absolute Gasteiger partial charge is 0.480 e. The van der Waals surface area contributed by atoms with Gasteiger partial charge in [-0.3, -0.25) is 4.79 Å². The molecule has 178 valence electrons. The van der Waals surface area contributed by atoms with E-state index in [1.807, 2.05) is 52.8 Å². The molecule has 2 fully saturated rings. The fourth-order valence-electron chi connectivity index (χ4n) is 5.22. The van der Waals surface area contributed by atoms with Crippen LogP contribution in [0.15, 0.2) is 18.2 Å². The third-order valence-electron chi connectivity index (χ3n) is 7.64. The molecule has 3 rings (SSSR count). The maximum Gasteiger partial charge on any atom is 0.329 e. The molecule has 0 bridgehead atoms. The first-order chi connectivity index (χ1) is 15.0.